The summed E-state index contributed by atoms with van der Waals surface area (Å²) in [6.45, 7) is 4.11. The Morgan fingerprint density at radius 1 is 1.30 bits per heavy atom. The average Bonchev–Trinajstić information content (AvgIpc) is 2.43. The maximum Gasteiger partial charge on any atom is 0.145 e. The predicted octanol–water partition coefficient (Wildman–Crippen LogP) is 4.22. The summed E-state index contributed by atoms with van der Waals surface area (Å²) in [7, 11) is 0. The molecule has 2 N–H and O–H groups in total. The first-order valence-corrected chi connectivity index (χ1v) is 7.51. The number of ether oxygens (including phenoxy) is 1. The maximum atomic E-state index is 5.98. The Morgan fingerprint density at radius 2 is 2.10 bits per heavy atom. The lowest BCUT2D eigenvalue weighted by molar-refractivity contribution is 0.475. The van der Waals surface area contributed by atoms with Gasteiger partial charge in [-0.2, -0.15) is 0 Å². The van der Waals surface area contributed by atoms with E-state index in [4.69, 9.17) is 10.5 Å². The van der Waals surface area contributed by atoms with Crippen LogP contribution in [-0.2, 0) is 6.42 Å². The van der Waals surface area contributed by atoms with Gasteiger partial charge in [0.15, 0.2) is 0 Å². The maximum absolute atomic E-state index is 5.98. The van der Waals surface area contributed by atoms with Crippen LogP contribution >= 0.6 is 15.9 Å². The molecule has 0 aliphatic heterocycles. The van der Waals surface area contributed by atoms with Gasteiger partial charge in [0.1, 0.15) is 11.5 Å². The van der Waals surface area contributed by atoms with Gasteiger partial charge in [0.25, 0.3) is 0 Å². The number of hydrogen-bond donors (Lipinski definition) is 1. The molecule has 1 aromatic carbocycles. The second-order valence-corrected chi connectivity index (χ2v) is 5.83. The molecule has 2 aromatic rings. The van der Waals surface area contributed by atoms with Crippen molar-refractivity contribution in [3.63, 3.8) is 0 Å². The highest BCUT2D eigenvalue weighted by Crippen LogP contribution is 2.28. The minimum Gasteiger partial charge on any atom is -0.455 e. The molecule has 20 heavy (non-hydrogen) atoms. The first-order chi connectivity index (χ1) is 9.58. The number of benzene rings is 1. The molecule has 106 valence electrons. The van der Waals surface area contributed by atoms with Crippen molar-refractivity contribution >= 4 is 15.9 Å². The van der Waals surface area contributed by atoms with E-state index in [0.29, 0.717) is 0 Å². The highest BCUT2D eigenvalue weighted by Gasteiger charge is 2.06. The van der Waals surface area contributed by atoms with E-state index in [0.717, 1.165) is 39.9 Å². The van der Waals surface area contributed by atoms with Crippen molar-refractivity contribution in [3.05, 3.63) is 52.3 Å². The smallest absolute Gasteiger partial charge is 0.145 e. The second-order valence-electron chi connectivity index (χ2n) is 4.91. The number of aromatic nitrogens is 1. The second kappa shape index (κ2) is 6.86. The summed E-state index contributed by atoms with van der Waals surface area (Å²) in [5, 5.41) is 0. The number of rotatable bonds is 5. The number of nitrogens with two attached hydrogens (primary N) is 1. The van der Waals surface area contributed by atoms with Gasteiger partial charge in [-0.15, -0.1) is 0 Å². The standard InChI is InChI=1S/C16H19BrN2O/c1-3-14(18)6-12-7-15(10-19-9-12)20-16-8-13(17)5-4-11(16)2/h4-5,7-10,14H,3,6,18H2,1-2H3. The minimum atomic E-state index is 0.166. The fourth-order valence-corrected chi connectivity index (χ4v) is 2.23. The van der Waals surface area contributed by atoms with Gasteiger partial charge in [0.05, 0.1) is 6.20 Å². The van der Waals surface area contributed by atoms with Crippen LogP contribution in [0, 0.1) is 6.92 Å². The minimum absolute atomic E-state index is 0.166. The van der Waals surface area contributed by atoms with Crippen molar-refractivity contribution in [1.82, 2.24) is 4.98 Å². The van der Waals surface area contributed by atoms with Gasteiger partial charge in [-0.25, -0.2) is 0 Å². The lowest BCUT2D eigenvalue weighted by atomic mass is 10.1. The Morgan fingerprint density at radius 3 is 2.85 bits per heavy atom. The highest BCUT2D eigenvalue weighted by molar-refractivity contribution is 9.10. The molecular weight excluding hydrogens is 316 g/mol. The highest BCUT2D eigenvalue weighted by atomic mass is 79.9. The molecule has 0 aliphatic carbocycles. The molecule has 0 saturated carbocycles. The fourth-order valence-electron chi connectivity index (χ4n) is 1.89. The van der Waals surface area contributed by atoms with E-state index in [1.54, 1.807) is 6.20 Å². The molecule has 0 spiro atoms. The largest absolute Gasteiger partial charge is 0.455 e. The molecule has 1 atom stereocenters. The topological polar surface area (TPSA) is 48.1 Å². The van der Waals surface area contributed by atoms with Crippen LogP contribution in [0.1, 0.15) is 24.5 Å². The summed E-state index contributed by atoms with van der Waals surface area (Å²) < 4.78 is 6.91. The number of halogens is 1. The van der Waals surface area contributed by atoms with Crippen LogP contribution in [0.25, 0.3) is 0 Å². The van der Waals surface area contributed by atoms with E-state index in [2.05, 4.69) is 27.8 Å². The first-order valence-electron chi connectivity index (χ1n) is 6.72. The van der Waals surface area contributed by atoms with Crippen molar-refractivity contribution in [2.45, 2.75) is 32.7 Å². The zero-order valence-corrected chi connectivity index (χ0v) is 13.4. The van der Waals surface area contributed by atoms with Crippen LogP contribution in [0.3, 0.4) is 0 Å². The Balaban J connectivity index is 2.17. The summed E-state index contributed by atoms with van der Waals surface area (Å²) in [5.41, 5.74) is 8.17. The summed E-state index contributed by atoms with van der Waals surface area (Å²) >= 11 is 3.45. The van der Waals surface area contributed by atoms with Gasteiger partial charge >= 0.3 is 0 Å². The van der Waals surface area contributed by atoms with E-state index >= 15 is 0 Å². The number of hydrogen-bond acceptors (Lipinski definition) is 3. The third kappa shape index (κ3) is 4.05. The zero-order chi connectivity index (χ0) is 14.5. The lowest BCUT2D eigenvalue weighted by Crippen LogP contribution is -2.21. The van der Waals surface area contributed by atoms with Crippen molar-refractivity contribution in [1.29, 1.82) is 0 Å². The summed E-state index contributed by atoms with van der Waals surface area (Å²) in [6, 6.07) is 8.14. The molecule has 3 nitrogen and oxygen atoms in total. The first kappa shape index (κ1) is 15.0. The molecule has 0 fully saturated rings. The van der Waals surface area contributed by atoms with Crippen LogP contribution in [0.15, 0.2) is 41.1 Å². The summed E-state index contributed by atoms with van der Waals surface area (Å²) in [6.07, 6.45) is 5.34. The van der Waals surface area contributed by atoms with E-state index in [-0.39, 0.29) is 6.04 Å². The third-order valence-corrected chi connectivity index (χ3v) is 3.66. The number of aryl methyl sites for hydroxylation is 1. The molecule has 1 unspecified atom stereocenters. The Kier molecular flexibility index (Phi) is 5.15. The zero-order valence-electron chi connectivity index (χ0n) is 11.8. The van der Waals surface area contributed by atoms with Crippen LogP contribution in [0.4, 0.5) is 0 Å². The average molecular weight is 335 g/mol. The van der Waals surface area contributed by atoms with Gasteiger partial charge in [0.2, 0.25) is 0 Å². The van der Waals surface area contributed by atoms with E-state index in [1.165, 1.54) is 0 Å². The van der Waals surface area contributed by atoms with Gasteiger partial charge in [-0.1, -0.05) is 28.9 Å². The van der Waals surface area contributed by atoms with Crippen LogP contribution in [-0.4, -0.2) is 11.0 Å². The third-order valence-electron chi connectivity index (χ3n) is 3.17. The monoisotopic (exact) mass is 334 g/mol. The number of pyridine rings is 1. The lowest BCUT2D eigenvalue weighted by Gasteiger charge is -2.11. The molecule has 0 saturated heterocycles. The van der Waals surface area contributed by atoms with Crippen molar-refractivity contribution < 1.29 is 4.74 Å². The molecule has 1 heterocycles. The molecular formula is C16H19BrN2O. The van der Waals surface area contributed by atoms with Gasteiger partial charge in [0, 0.05) is 16.7 Å². The summed E-state index contributed by atoms with van der Waals surface area (Å²) in [5.74, 6) is 1.57. The molecule has 0 radical (unpaired) electrons. The molecule has 4 heteroatoms. The Labute approximate surface area is 128 Å². The van der Waals surface area contributed by atoms with E-state index in [1.807, 2.05) is 37.4 Å². The Bertz CT molecular complexity index is 586. The van der Waals surface area contributed by atoms with E-state index in [9.17, 15) is 0 Å². The van der Waals surface area contributed by atoms with Crippen LogP contribution in [0.5, 0.6) is 11.5 Å². The van der Waals surface area contributed by atoms with E-state index < -0.39 is 0 Å². The summed E-state index contributed by atoms with van der Waals surface area (Å²) in [4.78, 5) is 4.23. The molecule has 1 aromatic heterocycles. The van der Waals surface area contributed by atoms with Crippen molar-refractivity contribution in [2.75, 3.05) is 0 Å². The van der Waals surface area contributed by atoms with Crippen LogP contribution in [0.2, 0.25) is 0 Å². The van der Waals surface area contributed by atoms with Gasteiger partial charge in [-0.05, 0) is 49.1 Å². The molecule has 2 rings (SSSR count). The van der Waals surface area contributed by atoms with Crippen molar-refractivity contribution in [2.24, 2.45) is 5.73 Å². The van der Waals surface area contributed by atoms with Gasteiger partial charge < -0.3 is 10.5 Å². The van der Waals surface area contributed by atoms with Gasteiger partial charge in [-0.3, -0.25) is 4.98 Å². The van der Waals surface area contributed by atoms with Crippen LogP contribution < -0.4 is 10.5 Å². The normalized spacial score (nSPS) is 12.2. The van der Waals surface area contributed by atoms with Crippen molar-refractivity contribution in [3.8, 4) is 11.5 Å². The Hall–Kier alpha value is -1.39. The fraction of sp³-hybridized carbons (Fsp3) is 0.312. The quantitative estimate of drug-likeness (QED) is 0.890. The predicted molar refractivity (Wildman–Crippen MR) is 85.2 cm³/mol. The SMILES string of the molecule is CCC(N)Cc1cncc(Oc2cc(Br)ccc2C)c1. The number of nitrogens with zero attached hydrogens (tertiary/aromatic N) is 1. The molecule has 0 bridgehead atoms. The molecule has 0 amide bonds. The molecule has 0 aliphatic rings.